The number of thioether (sulfide) groups is 1. The lowest BCUT2D eigenvalue weighted by Gasteiger charge is -2.30. The van der Waals surface area contributed by atoms with Gasteiger partial charge in [-0.2, -0.15) is 11.8 Å². The lowest BCUT2D eigenvalue weighted by Crippen LogP contribution is -2.55. The Morgan fingerprint density at radius 1 is 0.926 bits per heavy atom. The van der Waals surface area contributed by atoms with Crippen molar-refractivity contribution in [3.05, 3.63) is 64.7 Å². The van der Waals surface area contributed by atoms with Crippen LogP contribution in [0.25, 0.3) is 0 Å². The van der Waals surface area contributed by atoms with Crippen molar-refractivity contribution in [2.45, 2.75) is 90.8 Å². The van der Waals surface area contributed by atoms with Gasteiger partial charge < -0.3 is 41.2 Å². The number of methoxy groups -OCH3 is 1. The summed E-state index contributed by atoms with van der Waals surface area (Å²) in [7, 11) is 1.32. The maximum Gasteiger partial charge on any atom is 0.513 e. The number of carbonyl (C=O) groups is 6. The normalized spacial score (nSPS) is 12.6. The number of benzene rings is 2. The molecular weight excluding hydrogens is 715 g/mol. The molecule has 0 unspecified atom stereocenters. The Hall–Kier alpha value is -4.63. The number of hydrogen-bond acceptors (Lipinski definition) is 11. The number of esters is 1. The summed E-state index contributed by atoms with van der Waals surface area (Å²) in [5.74, 6) is -1.72. The molecule has 0 radical (unpaired) electrons. The van der Waals surface area contributed by atoms with E-state index < -0.39 is 54.5 Å². The van der Waals surface area contributed by atoms with Gasteiger partial charge in [0, 0.05) is 19.4 Å². The summed E-state index contributed by atoms with van der Waals surface area (Å²) >= 11 is 1.48. The van der Waals surface area contributed by atoms with Crippen LogP contribution in [0.2, 0.25) is 0 Å². The molecule has 0 spiro atoms. The van der Waals surface area contributed by atoms with E-state index in [2.05, 4.69) is 10.6 Å². The largest absolute Gasteiger partial charge is 0.513 e. The van der Waals surface area contributed by atoms with Crippen molar-refractivity contribution >= 4 is 47.5 Å². The van der Waals surface area contributed by atoms with Crippen molar-refractivity contribution in [1.82, 2.24) is 15.5 Å². The van der Waals surface area contributed by atoms with Crippen LogP contribution in [0.15, 0.2) is 42.5 Å². The van der Waals surface area contributed by atoms with Crippen LogP contribution < -0.4 is 26.8 Å². The fourth-order valence-corrected chi connectivity index (χ4v) is 6.05. The molecule has 2 aromatic carbocycles. The van der Waals surface area contributed by atoms with Gasteiger partial charge in [0.25, 0.3) is 0 Å². The first-order valence-corrected chi connectivity index (χ1v) is 19.5. The average Bonchev–Trinajstić information content (AvgIpc) is 3.14. The van der Waals surface area contributed by atoms with E-state index in [9.17, 15) is 28.8 Å². The number of rotatable bonds is 23. The van der Waals surface area contributed by atoms with Crippen LogP contribution in [-0.4, -0.2) is 97.6 Å². The molecule has 0 saturated heterocycles. The third-order valence-corrected chi connectivity index (χ3v) is 9.32. The third kappa shape index (κ3) is 15.8. The van der Waals surface area contributed by atoms with Gasteiger partial charge in [0.05, 0.1) is 26.3 Å². The van der Waals surface area contributed by atoms with E-state index in [1.807, 2.05) is 50.4 Å². The highest BCUT2D eigenvalue weighted by molar-refractivity contribution is 7.98. The first-order chi connectivity index (χ1) is 25.7. The molecule has 0 aliphatic heterocycles. The van der Waals surface area contributed by atoms with E-state index in [-0.39, 0.29) is 50.7 Å². The quantitative estimate of drug-likeness (QED) is 0.0732. The molecule has 0 bridgehead atoms. The molecule has 298 valence electrons. The van der Waals surface area contributed by atoms with E-state index in [1.165, 1.54) is 23.8 Å². The molecule has 3 atom stereocenters. The Morgan fingerprint density at radius 2 is 1.63 bits per heavy atom. The fraction of sp³-hybridized carbons (Fsp3) is 0.538. The van der Waals surface area contributed by atoms with Gasteiger partial charge in [0.1, 0.15) is 17.8 Å². The molecule has 0 aromatic heterocycles. The number of ether oxygens (including phenoxy) is 3. The van der Waals surface area contributed by atoms with Gasteiger partial charge in [-0.15, -0.1) is 0 Å². The summed E-state index contributed by atoms with van der Waals surface area (Å²) in [6, 6.07) is 9.67. The molecule has 6 N–H and O–H groups in total. The van der Waals surface area contributed by atoms with Crippen LogP contribution in [0.3, 0.4) is 0 Å². The second-order valence-corrected chi connectivity index (χ2v) is 14.5. The fourth-order valence-electron chi connectivity index (χ4n) is 5.58. The number of nitrogens with one attached hydrogen (secondary N) is 2. The molecule has 2 rings (SSSR count). The van der Waals surface area contributed by atoms with Crippen LogP contribution >= 0.6 is 11.8 Å². The minimum absolute atomic E-state index is 0.0925. The summed E-state index contributed by atoms with van der Waals surface area (Å²) in [5, 5.41) is 5.37. The molecule has 15 heteroatoms. The van der Waals surface area contributed by atoms with E-state index >= 15 is 0 Å². The molecule has 2 aromatic rings. The van der Waals surface area contributed by atoms with Crippen molar-refractivity contribution in [2.24, 2.45) is 17.4 Å². The summed E-state index contributed by atoms with van der Waals surface area (Å²) < 4.78 is 15.3. The standard InChI is InChI=1S/C39H57N5O9S/c1-25(2)24-52-39(50)53-35-26(3)16-17-29(27(35)4)22-30(40)37(48)43-31(18-20-54-6)38(49)42-23-33(45)44(19-12-8-11-15-34(46)51-5)32(36(41)47)21-28-13-9-7-10-14-28/h7,9-10,13-14,16-17,25,30-32H,8,11-12,15,18-24,40H2,1-6H3,(H2,41,47)(H,42,49)(H,43,48)/t30-,31+,32-/m0/s1. The average molecular weight is 772 g/mol. The molecule has 0 aliphatic carbocycles. The first-order valence-electron chi connectivity index (χ1n) is 18.1. The van der Waals surface area contributed by atoms with E-state index in [0.717, 1.165) is 5.56 Å². The highest BCUT2D eigenvalue weighted by atomic mass is 32.2. The number of unbranched alkanes of at least 4 members (excludes halogenated alkanes) is 2. The Morgan fingerprint density at radius 3 is 2.26 bits per heavy atom. The van der Waals surface area contributed by atoms with Crippen LogP contribution in [0.4, 0.5) is 4.79 Å². The number of amides is 4. The van der Waals surface area contributed by atoms with Crippen LogP contribution in [-0.2, 0) is 46.3 Å². The van der Waals surface area contributed by atoms with Crippen LogP contribution in [0.1, 0.15) is 68.2 Å². The molecule has 0 heterocycles. The van der Waals surface area contributed by atoms with E-state index in [4.69, 9.17) is 25.7 Å². The zero-order valence-corrected chi connectivity index (χ0v) is 33.1. The Kier molecular flexibility index (Phi) is 20.2. The molecular formula is C39H57N5O9S. The van der Waals surface area contributed by atoms with E-state index in [1.54, 1.807) is 26.0 Å². The van der Waals surface area contributed by atoms with Gasteiger partial charge >= 0.3 is 12.1 Å². The Balaban J connectivity index is 2.14. The van der Waals surface area contributed by atoms with Crippen molar-refractivity contribution in [3.8, 4) is 5.75 Å². The number of hydrogen-bond donors (Lipinski definition) is 4. The maximum atomic E-state index is 13.7. The molecule has 14 nitrogen and oxygen atoms in total. The summed E-state index contributed by atoms with van der Waals surface area (Å²) in [6.45, 7) is 7.31. The number of nitrogens with zero attached hydrogens (tertiary/aromatic N) is 1. The van der Waals surface area contributed by atoms with Crippen molar-refractivity contribution in [2.75, 3.05) is 38.8 Å². The van der Waals surface area contributed by atoms with Crippen LogP contribution in [0.5, 0.6) is 5.75 Å². The van der Waals surface area contributed by atoms with Gasteiger partial charge in [-0.3, -0.25) is 24.0 Å². The Bertz CT molecular complexity index is 1560. The monoisotopic (exact) mass is 771 g/mol. The smallest absolute Gasteiger partial charge is 0.469 e. The third-order valence-electron chi connectivity index (χ3n) is 8.67. The molecule has 4 amide bonds. The zero-order chi connectivity index (χ0) is 40.2. The maximum absolute atomic E-state index is 13.7. The highest BCUT2D eigenvalue weighted by Gasteiger charge is 2.30. The minimum Gasteiger partial charge on any atom is -0.469 e. The lowest BCUT2D eigenvalue weighted by molar-refractivity contribution is -0.141. The van der Waals surface area contributed by atoms with Gasteiger partial charge in [-0.25, -0.2) is 4.79 Å². The lowest BCUT2D eigenvalue weighted by atomic mass is 9.97. The zero-order valence-electron chi connectivity index (χ0n) is 32.3. The van der Waals surface area contributed by atoms with Gasteiger partial charge in [-0.05, 0) is 79.7 Å². The van der Waals surface area contributed by atoms with Gasteiger partial charge in [0.2, 0.25) is 23.6 Å². The predicted octanol–water partition coefficient (Wildman–Crippen LogP) is 3.36. The summed E-state index contributed by atoms with van der Waals surface area (Å²) in [5.41, 5.74) is 15.0. The van der Waals surface area contributed by atoms with Gasteiger partial charge in [0.15, 0.2) is 0 Å². The predicted molar refractivity (Wildman–Crippen MR) is 208 cm³/mol. The van der Waals surface area contributed by atoms with E-state index in [0.29, 0.717) is 47.5 Å². The topological polar surface area (TPSA) is 209 Å². The van der Waals surface area contributed by atoms with Crippen molar-refractivity contribution < 1.29 is 43.0 Å². The Labute approximate surface area is 322 Å². The molecule has 0 fully saturated rings. The highest BCUT2D eigenvalue weighted by Crippen LogP contribution is 2.27. The van der Waals surface area contributed by atoms with Crippen LogP contribution in [0, 0.1) is 19.8 Å². The van der Waals surface area contributed by atoms with Crippen molar-refractivity contribution in [1.29, 1.82) is 0 Å². The summed E-state index contributed by atoms with van der Waals surface area (Å²) in [6.07, 6.45) is 3.42. The molecule has 0 aliphatic rings. The number of carbonyl (C=O) groups excluding carboxylic acids is 6. The molecule has 54 heavy (non-hydrogen) atoms. The first kappa shape index (κ1) is 45.5. The number of nitrogens with two attached hydrogens (primary N) is 2. The second-order valence-electron chi connectivity index (χ2n) is 13.5. The van der Waals surface area contributed by atoms with Crippen molar-refractivity contribution in [3.63, 3.8) is 0 Å². The molecule has 0 saturated carbocycles. The number of aryl methyl sites for hydroxylation is 1. The number of primary amides is 1. The second kappa shape index (κ2) is 23.9. The summed E-state index contributed by atoms with van der Waals surface area (Å²) in [4.78, 5) is 78.4. The minimum atomic E-state index is -1.05. The SMILES string of the molecule is COC(=O)CCCCCN(C(=O)CNC(=O)[C@@H](CCSC)NC(=O)[C@@H](N)Cc1ccc(C)c(OC(=O)OCC(C)C)c1C)[C@@H](Cc1ccccc1)C(N)=O. The van der Waals surface area contributed by atoms with Gasteiger partial charge in [-0.1, -0.05) is 62.7 Å².